The van der Waals surface area contributed by atoms with Gasteiger partial charge in [0.05, 0.1) is 18.7 Å². The molecule has 2 aromatic carbocycles. The third-order valence-electron chi connectivity index (χ3n) is 3.02. The molecule has 0 heterocycles. The van der Waals surface area contributed by atoms with E-state index in [-0.39, 0.29) is 5.56 Å². The molecule has 0 aliphatic heterocycles. The minimum atomic E-state index is -1.09. The molecular weight excluding hydrogens is 327 g/mol. The first-order chi connectivity index (χ1) is 9.58. The number of aliphatic hydroxyl groups is 1. The lowest BCUT2D eigenvalue weighted by Gasteiger charge is -2.16. The Bertz CT molecular complexity index is 599. The van der Waals surface area contributed by atoms with Gasteiger partial charge in [-0.05, 0) is 45.8 Å². The van der Waals surface area contributed by atoms with Crippen LogP contribution in [0.4, 0.5) is 4.39 Å². The Morgan fingerprint density at radius 3 is 2.25 bits per heavy atom. The largest absolute Gasteiger partial charge is 0.497 e. The molecule has 106 valence electrons. The van der Waals surface area contributed by atoms with Crippen molar-refractivity contribution in [1.29, 1.82) is 0 Å². The number of hydrogen-bond acceptors (Lipinski definition) is 3. The number of hydrogen-bond donors (Lipinski definition) is 1. The molecule has 0 bridgehead atoms. The first-order valence-electron chi connectivity index (χ1n) is 5.92. The van der Waals surface area contributed by atoms with Gasteiger partial charge in [0.25, 0.3) is 0 Å². The number of methoxy groups -OCH3 is 2. The van der Waals surface area contributed by atoms with Crippen LogP contribution in [0.2, 0.25) is 0 Å². The normalized spacial score (nSPS) is 12.1. The summed E-state index contributed by atoms with van der Waals surface area (Å²) in [6, 6.07) is 9.58. The van der Waals surface area contributed by atoms with Gasteiger partial charge in [0.2, 0.25) is 0 Å². The molecule has 5 heteroatoms. The molecular formula is C15H14BrFO3. The number of aliphatic hydroxyl groups excluding tert-OH is 1. The van der Waals surface area contributed by atoms with Crippen molar-refractivity contribution in [2.24, 2.45) is 0 Å². The second kappa shape index (κ2) is 6.24. The van der Waals surface area contributed by atoms with Crippen molar-refractivity contribution >= 4 is 15.9 Å². The van der Waals surface area contributed by atoms with Crippen LogP contribution in [0.25, 0.3) is 0 Å². The molecule has 0 aliphatic rings. The van der Waals surface area contributed by atoms with Crippen LogP contribution in [0.15, 0.2) is 40.9 Å². The molecule has 3 nitrogen and oxygen atoms in total. The van der Waals surface area contributed by atoms with Gasteiger partial charge in [-0.15, -0.1) is 0 Å². The summed E-state index contributed by atoms with van der Waals surface area (Å²) in [6.45, 7) is 0. The van der Waals surface area contributed by atoms with Gasteiger partial charge in [-0.1, -0.05) is 12.1 Å². The molecule has 0 radical (unpaired) electrons. The highest BCUT2D eigenvalue weighted by atomic mass is 79.9. The van der Waals surface area contributed by atoms with Crippen LogP contribution >= 0.6 is 15.9 Å². The Hall–Kier alpha value is -1.59. The van der Waals surface area contributed by atoms with Crippen molar-refractivity contribution in [2.45, 2.75) is 6.10 Å². The minimum Gasteiger partial charge on any atom is -0.497 e. The van der Waals surface area contributed by atoms with Crippen molar-refractivity contribution in [3.05, 3.63) is 57.8 Å². The summed E-state index contributed by atoms with van der Waals surface area (Å²) in [6.07, 6.45) is -1.09. The van der Waals surface area contributed by atoms with Crippen molar-refractivity contribution in [1.82, 2.24) is 0 Å². The summed E-state index contributed by atoms with van der Waals surface area (Å²) >= 11 is 3.27. The number of ether oxygens (including phenoxy) is 2. The highest BCUT2D eigenvalue weighted by Crippen LogP contribution is 2.37. The van der Waals surface area contributed by atoms with E-state index in [0.717, 1.165) is 0 Å². The predicted octanol–water partition coefficient (Wildman–Crippen LogP) is 3.69. The second-order valence-corrected chi connectivity index (χ2v) is 4.95. The van der Waals surface area contributed by atoms with Crippen LogP contribution in [0, 0.1) is 5.82 Å². The number of rotatable bonds is 4. The van der Waals surface area contributed by atoms with E-state index in [2.05, 4.69) is 15.9 Å². The predicted molar refractivity (Wildman–Crippen MR) is 77.7 cm³/mol. The van der Waals surface area contributed by atoms with Crippen molar-refractivity contribution in [3.63, 3.8) is 0 Å². The van der Waals surface area contributed by atoms with Gasteiger partial charge in [0.15, 0.2) is 0 Å². The van der Waals surface area contributed by atoms with Crippen LogP contribution in [0.3, 0.4) is 0 Å². The fourth-order valence-electron chi connectivity index (χ4n) is 1.91. The minimum absolute atomic E-state index is 0.148. The number of benzene rings is 2. The lowest BCUT2D eigenvalue weighted by atomic mass is 10.0. The van der Waals surface area contributed by atoms with Crippen molar-refractivity contribution in [2.75, 3.05) is 14.2 Å². The van der Waals surface area contributed by atoms with Gasteiger partial charge in [-0.2, -0.15) is 0 Å². The Kier molecular flexibility index (Phi) is 4.62. The average Bonchev–Trinajstić information content (AvgIpc) is 2.47. The zero-order valence-electron chi connectivity index (χ0n) is 11.1. The van der Waals surface area contributed by atoms with Crippen LogP contribution in [-0.4, -0.2) is 19.3 Å². The average molecular weight is 341 g/mol. The van der Waals surface area contributed by atoms with E-state index in [1.807, 2.05) is 0 Å². The first kappa shape index (κ1) is 14.8. The maximum atomic E-state index is 14.0. The molecule has 20 heavy (non-hydrogen) atoms. The van der Waals surface area contributed by atoms with Gasteiger partial charge in [-0.25, -0.2) is 4.39 Å². The molecule has 1 atom stereocenters. The standard InChI is InChI=1S/C15H14BrFO3/c1-19-10-5-3-9(4-6-10)15(18)13-11(17)7-8-12(20-2)14(13)16/h3-8,15,18H,1-2H3. The molecule has 0 spiro atoms. The van der Waals surface area contributed by atoms with Crippen LogP contribution in [0.1, 0.15) is 17.2 Å². The Morgan fingerprint density at radius 2 is 1.70 bits per heavy atom. The Morgan fingerprint density at radius 1 is 1.05 bits per heavy atom. The zero-order chi connectivity index (χ0) is 14.7. The van der Waals surface area contributed by atoms with E-state index < -0.39 is 11.9 Å². The van der Waals surface area contributed by atoms with Gasteiger partial charge >= 0.3 is 0 Å². The molecule has 0 saturated heterocycles. The smallest absolute Gasteiger partial charge is 0.133 e. The van der Waals surface area contributed by atoms with E-state index in [0.29, 0.717) is 21.5 Å². The summed E-state index contributed by atoms with van der Waals surface area (Å²) in [5.74, 6) is 0.640. The van der Waals surface area contributed by atoms with Crippen molar-refractivity contribution in [3.8, 4) is 11.5 Å². The maximum Gasteiger partial charge on any atom is 0.133 e. The van der Waals surface area contributed by atoms with E-state index >= 15 is 0 Å². The first-order valence-corrected chi connectivity index (χ1v) is 6.71. The topological polar surface area (TPSA) is 38.7 Å². The number of halogens is 2. The fraction of sp³-hybridized carbons (Fsp3) is 0.200. The van der Waals surface area contributed by atoms with E-state index in [9.17, 15) is 9.50 Å². The molecule has 1 unspecified atom stereocenters. The molecule has 0 aromatic heterocycles. The van der Waals surface area contributed by atoms with Gasteiger partial charge in [-0.3, -0.25) is 0 Å². The molecule has 0 fully saturated rings. The van der Waals surface area contributed by atoms with E-state index in [1.165, 1.54) is 19.2 Å². The van der Waals surface area contributed by atoms with Gasteiger partial charge in [0, 0.05) is 5.56 Å². The summed E-state index contributed by atoms with van der Waals surface area (Å²) in [5.41, 5.74) is 0.716. The molecule has 1 N–H and O–H groups in total. The molecule has 2 rings (SSSR count). The van der Waals surface area contributed by atoms with Crippen LogP contribution in [-0.2, 0) is 0 Å². The van der Waals surface area contributed by atoms with Gasteiger partial charge < -0.3 is 14.6 Å². The lowest BCUT2D eigenvalue weighted by molar-refractivity contribution is 0.213. The fourth-order valence-corrected chi connectivity index (χ4v) is 2.61. The monoisotopic (exact) mass is 340 g/mol. The van der Waals surface area contributed by atoms with E-state index in [4.69, 9.17) is 9.47 Å². The summed E-state index contributed by atoms with van der Waals surface area (Å²) in [5, 5.41) is 10.4. The molecule has 0 saturated carbocycles. The summed E-state index contributed by atoms with van der Waals surface area (Å²) in [4.78, 5) is 0. The highest BCUT2D eigenvalue weighted by molar-refractivity contribution is 9.10. The lowest BCUT2D eigenvalue weighted by Crippen LogP contribution is -2.05. The second-order valence-electron chi connectivity index (χ2n) is 4.15. The van der Waals surface area contributed by atoms with Crippen LogP contribution < -0.4 is 9.47 Å². The Labute approximate surface area is 125 Å². The third-order valence-corrected chi connectivity index (χ3v) is 3.83. The highest BCUT2D eigenvalue weighted by Gasteiger charge is 2.21. The summed E-state index contributed by atoms with van der Waals surface area (Å²) < 4.78 is 24.6. The van der Waals surface area contributed by atoms with Gasteiger partial charge in [0.1, 0.15) is 23.4 Å². The maximum absolute atomic E-state index is 14.0. The molecule has 0 aliphatic carbocycles. The third kappa shape index (κ3) is 2.78. The zero-order valence-corrected chi connectivity index (χ0v) is 12.6. The van der Waals surface area contributed by atoms with E-state index in [1.54, 1.807) is 31.4 Å². The van der Waals surface area contributed by atoms with Crippen LogP contribution in [0.5, 0.6) is 11.5 Å². The quantitative estimate of drug-likeness (QED) is 0.922. The van der Waals surface area contributed by atoms with Crippen molar-refractivity contribution < 1.29 is 19.0 Å². The summed E-state index contributed by atoms with van der Waals surface area (Å²) in [7, 11) is 3.05. The molecule has 0 amide bonds. The SMILES string of the molecule is COc1ccc(C(O)c2c(F)ccc(OC)c2Br)cc1. The Balaban J connectivity index is 2.44. The molecule has 2 aromatic rings.